The lowest BCUT2D eigenvalue weighted by molar-refractivity contribution is 0.862. The Morgan fingerprint density at radius 2 is 2.10 bits per heavy atom. The summed E-state index contributed by atoms with van der Waals surface area (Å²) in [5, 5.41) is 12.6. The molecule has 0 spiro atoms. The van der Waals surface area contributed by atoms with Crippen LogP contribution in [0.4, 0.5) is 5.82 Å². The zero-order chi connectivity index (χ0) is 13.9. The summed E-state index contributed by atoms with van der Waals surface area (Å²) < 4.78 is 0. The maximum atomic E-state index is 9.29. The Kier molecular flexibility index (Phi) is 3.34. The van der Waals surface area contributed by atoms with Gasteiger partial charge in [-0.3, -0.25) is 4.98 Å². The monoisotopic (exact) mass is 264 g/mol. The van der Waals surface area contributed by atoms with Crippen molar-refractivity contribution in [3.63, 3.8) is 0 Å². The average Bonchev–Trinajstić information content (AvgIpc) is 2.94. The summed E-state index contributed by atoms with van der Waals surface area (Å²) >= 11 is 0. The molecule has 1 aliphatic rings. The minimum atomic E-state index is 0.0945. The van der Waals surface area contributed by atoms with Gasteiger partial charge in [0, 0.05) is 18.1 Å². The molecule has 4 nitrogen and oxygen atoms in total. The standard InChI is InChI=1S/C16H16N4/c1-11(12-5-7-18-8-6-12)19-16-14(10-17)9-13-3-2-4-15(13)20-16/h5-9,11H,2-4H2,1H3,(H,19,20). The van der Waals surface area contributed by atoms with Gasteiger partial charge in [0.25, 0.3) is 0 Å². The van der Waals surface area contributed by atoms with Crippen molar-refractivity contribution < 1.29 is 0 Å². The number of anilines is 1. The molecule has 0 aromatic carbocycles. The number of hydrogen-bond donors (Lipinski definition) is 1. The molecule has 20 heavy (non-hydrogen) atoms. The van der Waals surface area contributed by atoms with Crippen LogP contribution >= 0.6 is 0 Å². The number of aromatic nitrogens is 2. The lowest BCUT2D eigenvalue weighted by Gasteiger charge is -2.16. The zero-order valence-electron chi connectivity index (χ0n) is 11.4. The minimum absolute atomic E-state index is 0.0945. The molecule has 0 amide bonds. The fraction of sp³-hybridized carbons (Fsp3) is 0.312. The first-order chi connectivity index (χ1) is 9.78. The summed E-state index contributed by atoms with van der Waals surface area (Å²) in [6.07, 6.45) is 6.73. The summed E-state index contributed by atoms with van der Waals surface area (Å²) in [7, 11) is 0. The van der Waals surface area contributed by atoms with Crippen LogP contribution in [0, 0.1) is 11.3 Å². The molecule has 1 N–H and O–H groups in total. The van der Waals surface area contributed by atoms with Crippen molar-refractivity contribution in [3.05, 3.63) is 53.0 Å². The summed E-state index contributed by atoms with van der Waals surface area (Å²) in [4.78, 5) is 8.66. The van der Waals surface area contributed by atoms with Gasteiger partial charge in [-0.15, -0.1) is 0 Å². The summed E-state index contributed by atoms with van der Waals surface area (Å²) in [5.74, 6) is 0.692. The fourth-order valence-electron chi connectivity index (χ4n) is 2.61. The molecule has 0 saturated heterocycles. The maximum absolute atomic E-state index is 9.29. The lowest BCUT2D eigenvalue weighted by Crippen LogP contribution is -2.10. The van der Waals surface area contributed by atoms with Gasteiger partial charge < -0.3 is 5.32 Å². The molecule has 4 heteroatoms. The van der Waals surface area contributed by atoms with Gasteiger partial charge in [0.1, 0.15) is 11.9 Å². The highest BCUT2D eigenvalue weighted by Crippen LogP contribution is 2.27. The van der Waals surface area contributed by atoms with Gasteiger partial charge in [-0.05, 0) is 55.5 Å². The van der Waals surface area contributed by atoms with Crippen LogP contribution in [0.5, 0.6) is 0 Å². The molecule has 0 radical (unpaired) electrons. The highest BCUT2D eigenvalue weighted by atomic mass is 15.0. The van der Waals surface area contributed by atoms with Gasteiger partial charge >= 0.3 is 0 Å². The number of hydrogen-bond acceptors (Lipinski definition) is 4. The van der Waals surface area contributed by atoms with E-state index in [1.165, 1.54) is 5.56 Å². The molecule has 2 aromatic rings. The zero-order valence-corrected chi connectivity index (χ0v) is 11.4. The lowest BCUT2D eigenvalue weighted by atomic mass is 10.1. The predicted molar refractivity (Wildman–Crippen MR) is 77.3 cm³/mol. The van der Waals surface area contributed by atoms with E-state index in [4.69, 9.17) is 0 Å². The molecular weight excluding hydrogens is 248 g/mol. The molecular formula is C16H16N4. The Morgan fingerprint density at radius 1 is 1.30 bits per heavy atom. The van der Waals surface area contributed by atoms with Gasteiger partial charge in [-0.1, -0.05) is 0 Å². The molecule has 1 unspecified atom stereocenters. The van der Waals surface area contributed by atoms with Crippen molar-refractivity contribution in [3.8, 4) is 6.07 Å². The van der Waals surface area contributed by atoms with Crippen LogP contribution in [0.2, 0.25) is 0 Å². The van der Waals surface area contributed by atoms with E-state index in [0.29, 0.717) is 11.4 Å². The second-order valence-electron chi connectivity index (χ2n) is 5.10. The van der Waals surface area contributed by atoms with Crippen LogP contribution in [0.15, 0.2) is 30.6 Å². The third-order valence-electron chi connectivity index (χ3n) is 3.73. The number of rotatable bonds is 3. The first-order valence-corrected chi connectivity index (χ1v) is 6.87. The number of nitrogens with one attached hydrogen (secondary N) is 1. The van der Waals surface area contributed by atoms with Gasteiger partial charge in [-0.2, -0.15) is 5.26 Å². The van der Waals surface area contributed by atoms with Gasteiger partial charge in [-0.25, -0.2) is 4.98 Å². The molecule has 100 valence electrons. The van der Waals surface area contributed by atoms with Crippen LogP contribution in [-0.2, 0) is 12.8 Å². The smallest absolute Gasteiger partial charge is 0.144 e. The first-order valence-electron chi connectivity index (χ1n) is 6.87. The second-order valence-corrected chi connectivity index (χ2v) is 5.10. The Labute approximate surface area is 118 Å². The minimum Gasteiger partial charge on any atom is -0.362 e. The molecule has 1 aliphatic carbocycles. The number of pyridine rings is 2. The number of nitrogens with zero attached hydrogens (tertiary/aromatic N) is 3. The van der Waals surface area contributed by atoms with Crippen molar-refractivity contribution in [2.24, 2.45) is 0 Å². The Balaban J connectivity index is 1.89. The van der Waals surface area contributed by atoms with E-state index >= 15 is 0 Å². The number of aryl methyl sites for hydroxylation is 2. The van der Waals surface area contributed by atoms with Gasteiger partial charge in [0.15, 0.2) is 0 Å². The molecule has 2 aromatic heterocycles. The third-order valence-corrected chi connectivity index (χ3v) is 3.73. The van der Waals surface area contributed by atoms with E-state index in [9.17, 15) is 5.26 Å². The van der Waals surface area contributed by atoms with Crippen molar-refractivity contribution in [1.29, 1.82) is 5.26 Å². The van der Waals surface area contributed by atoms with Gasteiger partial charge in [0.2, 0.25) is 0 Å². The van der Waals surface area contributed by atoms with Gasteiger partial charge in [0.05, 0.1) is 11.6 Å². The van der Waals surface area contributed by atoms with Crippen LogP contribution in [0.3, 0.4) is 0 Å². The molecule has 1 atom stereocenters. The summed E-state index contributed by atoms with van der Waals surface area (Å²) in [5.41, 5.74) is 4.12. The van der Waals surface area contributed by atoms with Crippen molar-refractivity contribution in [1.82, 2.24) is 9.97 Å². The summed E-state index contributed by atoms with van der Waals surface area (Å²) in [6.45, 7) is 2.06. The largest absolute Gasteiger partial charge is 0.362 e. The van der Waals surface area contributed by atoms with Crippen LogP contribution in [0.1, 0.15) is 41.8 Å². The fourth-order valence-corrected chi connectivity index (χ4v) is 2.61. The van der Waals surface area contributed by atoms with E-state index in [2.05, 4.69) is 28.3 Å². The van der Waals surface area contributed by atoms with Crippen LogP contribution in [-0.4, -0.2) is 9.97 Å². The van der Waals surface area contributed by atoms with Crippen molar-refractivity contribution in [2.45, 2.75) is 32.2 Å². The topological polar surface area (TPSA) is 61.6 Å². The predicted octanol–water partition coefficient (Wildman–Crippen LogP) is 3.01. The van der Waals surface area contributed by atoms with Crippen LogP contribution < -0.4 is 5.32 Å². The quantitative estimate of drug-likeness (QED) is 0.925. The average molecular weight is 264 g/mol. The molecule has 3 rings (SSSR count). The highest BCUT2D eigenvalue weighted by molar-refractivity contribution is 5.56. The molecule has 0 bridgehead atoms. The van der Waals surface area contributed by atoms with Crippen LogP contribution in [0.25, 0.3) is 0 Å². The number of fused-ring (bicyclic) bond motifs is 1. The molecule has 0 saturated carbocycles. The van der Waals surface area contributed by atoms with E-state index < -0.39 is 0 Å². The molecule has 0 aliphatic heterocycles. The van der Waals surface area contributed by atoms with Crippen molar-refractivity contribution >= 4 is 5.82 Å². The first kappa shape index (κ1) is 12.6. The van der Waals surface area contributed by atoms with E-state index in [-0.39, 0.29) is 6.04 Å². The van der Waals surface area contributed by atoms with E-state index in [0.717, 1.165) is 30.5 Å². The molecule has 0 fully saturated rings. The van der Waals surface area contributed by atoms with E-state index in [1.54, 1.807) is 12.4 Å². The Morgan fingerprint density at radius 3 is 2.85 bits per heavy atom. The normalized spacial score (nSPS) is 14.4. The second kappa shape index (κ2) is 5.30. The maximum Gasteiger partial charge on any atom is 0.144 e. The van der Waals surface area contributed by atoms with E-state index in [1.807, 2.05) is 18.2 Å². The SMILES string of the molecule is CC(Nc1nc2c(cc1C#N)CCC2)c1ccncc1. The Bertz CT molecular complexity index is 658. The Hall–Kier alpha value is -2.41. The number of nitriles is 1. The summed E-state index contributed by atoms with van der Waals surface area (Å²) in [6, 6.07) is 8.26. The molecule has 2 heterocycles. The third kappa shape index (κ3) is 2.35. The van der Waals surface area contributed by atoms with Crippen molar-refractivity contribution in [2.75, 3.05) is 5.32 Å². The highest BCUT2D eigenvalue weighted by Gasteiger charge is 2.17.